The van der Waals surface area contributed by atoms with Crippen LogP contribution in [-0.2, 0) is 14.0 Å². The lowest BCUT2D eigenvalue weighted by molar-refractivity contribution is -0.0166. The number of terminal acetylenes is 1. The van der Waals surface area contributed by atoms with Gasteiger partial charge in [-0.15, -0.1) is 59.6 Å². The molecule has 2 saturated heterocycles. The molecule has 0 unspecified atom stereocenters. The van der Waals surface area contributed by atoms with Crippen molar-refractivity contribution in [3.05, 3.63) is 335 Å². The number of phenols is 2. The van der Waals surface area contributed by atoms with E-state index in [9.17, 15) is 24.4 Å². The maximum atomic E-state index is 12.4. The highest BCUT2D eigenvalue weighted by atomic mass is 79.9. The van der Waals surface area contributed by atoms with Gasteiger partial charge in [0, 0.05) is 67.5 Å². The van der Waals surface area contributed by atoms with E-state index in [2.05, 4.69) is 203 Å². The second-order valence-corrected chi connectivity index (χ2v) is 45.9. The second-order valence-electron chi connectivity index (χ2n) is 31.4. The van der Waals surface area contributed by atoms with Gasteiger partial charge >= 0.3 is 8.38 Å². The molecule has 2 aliphatic rings. The highest BCUT2D eigenvalue weighted by Gasteiger charge is 2.28. The fraction of sp³-hybridized carbons (Fsp3) is 0.163. The number of benzene rings is 10. The smallest absolute Gasteiger partial charge is 0.369 e. The standard InChI is InChI=1S/C23H23N5O2.C18H13ClN4O.C18H14N4O2.C17H11BrN4O.C10H8N4.C8H7ClO2.C6H13NO.C3H4.CH4.BBr3.Cl3OP.F2.FH.2H2/c1-15-13-27(14-16(2)30-15)22-20-12-24-28(18-8-4-3-5-9-18)23(20)26-21(25-22)17-7-6-10-19(29)11-17;1-24-14-9-5-6-12(10-14)17-21-16(19)15-11-20-23(18(15)22-17)13-7-3-2-4-8-13;1-24-14-9-5-6-12(10-14)16-20-17-15(18(23)21-16)11-19-22(17)13-7-3-2-4-8-13;18-15-14-10-19-22(12-6-2-1-3-7-12)17(14)21-16(20-15)11-5-4-8-13(23)9-11;11-6-8-7-13-14(10(8)12)9-4-2-1-3-5-9;1-11-7-4-2-3-6(5-7)8(9)10;1-5-3-7-4-6(2)8-5;1-3-2;;2-1(3)4;1-5(2,3)4;1-2;;;/h3-12,15-16,29H,13-14H2,1-2H3;2-11H,1H3;2-11H,1H3,(H,20,21,23);1-10,23H;1-5,7H,12H2;2-5H,1H3;5-7H,3-4H2,1-2H3;1H,2H3;1H4;;;;3*1H/t15-,16+;;;;;;5-,6+;;;;;;;;/i;;;;;;;;;;;;;1+1D;1+1. The van der Waals surface area contributed by atoms with E-state index >= 15 is 0 Å². The zero-order valence-corrected chi connectivity index (χ0v) is 91.4. The molecule has 0 radical (unpaired) electrons. The van der Waals surface area contributed by atoms with Gasteiger partial charge in [0.05, 0.1) is 121 Å². The first kappa shape index (κ1) is 118. The van der Waals surface area contributed by atoms with Gasteiger partial charge in [-0.3, -0.25) is 18.9 Å². The van der Waals surface area contributed by atoms with Gasteiger partial charge in [0.15, 0.2) is 40.1 Å². The number of nitriles is 1. The van der Waals surface area contributed by atoms with Crippen molar-refractivity contribution in [1.29, 1.82) is 5.26 Å². The lowest BCUT2D eigenvalue weighted by Gasteiger charge is -2.36. The van der Waals surface area contributed by atoms with E-state index < -0.39 is 10.4 Å². The van der Waals surface area contributed by atoms with Gasteiger partial charge < -0.3 is 54.8 Å². The first-order valence-electron chi connectivity index (χ1n) is 45.5. The molecule has 780 valence electrons. The summed E-state index contributed by atoms with van der Waals surface area (Å²) in [5, 5.41) is 52.9. The Hall–Kier alpha value is -13.9. The molecule has 0 spiro atoms. The van der Waals surface area contributed by atoms with E-state index in [0.29, 0.717) is 101 Å². The number of hydrogen-bond donors (Lipinski definition) is 5. The van der Waals surface area contributed by atoms with Gasteiger partial charge in [-0.2, -0.15) is 30.8 Å². The van der Waals surface area contributed by atoms with Crippen LogP contribution >= 0.6 is 125 Å². The molecule has 11 heterocycles. The summed E-state index contributed by atoms with van der Waals surface area (Å²) in [4.78, 5) is 60.6. The predicted octanol–water partition coefficient (Wildman–Crippen LogP) is 26.2. The van der Waals surface area contributed by atoms with Gasteiger partial charge in [0.25, 0.3) is 10.8 Å². The average Bonchev–Trinajstić information content (AvgIpc) is 1.67. The van der Waals surface area contributed by atoms with Crippen molar-refractivity contribution in [1.82, 2.24) is 94.1 Å². The molecule has 2 aliphatic heterocycles. The first-order chi connectivity index (χ1) is 72.3. The minimum atomic E-state index is -3.22. The molecular weight excluding hydrogens is 2310 g/mol. The fourth-order valence-corrected chi connectivity index (χ4v) is 15.3. The van der Waals surface area contributed by atoms with Crippen LogP contribution in [-0.4, -0.2) is 179 Å². The van der Waals surface area contributed by atoms with Crippen LogP contribution in [0.15, 0.2) is 313 Å². The number of methoxy groups -OCH3 is 3. The van der Waals surface area contributed by atoms with E-state index in [1.807, 2.05) is 229 Å². The molecule has 10 aromatic carbocycles. The number of para-hydroxylation sites is 5. The van der Waals surface area contributed by atoms with Crippen LogP contribution in [0.1, 0.15) is 62.4 Å². The summed E-state index contributed by atoms with van der Waals surface area (Å²) in [6.45, 7) is 13.5. The Morgan fingerprint density at radius 3 is 1.26 bits per heavy atom. The van der Waals surface area contributed by atoms with Crippen molar-refractivity contribution >= 4 is 190 Å². The fourth-order valence-electron chi connectivity index (χ4n) is 14.5. The quantitative estimate of drug-likeness (QED) is 0.0222. The molecule has 21 rings (SSSR count). The Labute approximate surface area is 923 Å². The van der Waals surface area contributed by atoms with E-state index in [-0.39, 0.29) is 46.0 Å². The largest absolute Gasteiger partial charge is 0.508 e. The van der Waals surface area contributed by atoms with Crippen LogP contribution in [0, 0.1) is 23.7 Å². The molecule has 4 atom stereocenters. The highest BCUT2D eigenvalue weighted by Crippen LogP contribution is 2.61. The van der Waals surface area contributed by atoms with Crippen molar-refractivity contribution < 1.29 is 61.5 Å². The van der Waals surface area contributed by atoms with E-state index in [1.165, 1.54) is 19.5 Å². The van der Waals surface area contributed by atoms with Crippen molar-refractivity contribution in [2.24, 2.45) is 0 Å². The number of aromatic hydroxyl groups is 2. The molecule has 9 aromatic heterocycles. The van der Waals surface area contributed by atoms with Gasteiger partial charge in [-0.25, -0.2) is 58.3 Å². The number of aromatic amines is 1. The molecule has 19 aromatic rings. The van der Waals surface area contributed by atoms with Gasteiger partial charge in [-0.1, -0.05) is 165 Å². The maximum absolute atomic E-state index is 12.4. The summed E-state index contributed by atoms with van der Waals surface area (Å²) in [6, 6.07) is 86.1. The van der Waals surface area contributed by atoms with Crippen molar-refractivity contribution in [2.45, 2.75) is 66.5 Å². The van der Waals surface area contributed by atoms with Crippen molar-refractivity contribution in [2.75, 3.05) is 58.1 Å². The number of fused-ring (bicyclic) bond motifs is 4. The lowest BCUT2D eigenvalue weighted by Crippen LogP contribution is -2.46. The van der Waals surface area contributed by atoms with E-state index in [0.717, 1.165) is 105 Å². The number of nitrogens with two attached hydrogens (primary N) is 1. The van der Waals surface area contributed by atoms with Gasteiger partial charge in [0.2, 0.25) is 0 Å². The van der Waals surface area contributed by atoms with E-state index in [1.54, 1.807) is 113 Å². The Morgan fingerprint density at radius 1 is 0.513 bits per heavy atom. The molecule has 2 fully saturated rings. The number of nitrogens with zero attached hydrogens (tertiary/aromatic N) is 19. The Morgan fingerprint density at radius 2 is 0.853 bits per heavy atom. The number of rotatable bonds is 14. The van der Waals surface area contributed by atoms with Crippen LogP contribution in [0.2, 0.25) is 5.15 Å². The number of anilines is 2. The van der Waals surface area contributed by atoms with Gasteiger partial charge in [0.1, 0.15) is 73.0 Å². The second kappa shape index (κ2) is 59.5. The monoisotopic (exact) mass is 2410 g/mol. The summed E-state index contributed by atoms with van der Waals surface area (Å²) < 4.78 is 71.7. The number of carbonyl (C=O) groups excluding carboxylic acids is 1. The first-order valence-corrected chi connectivity index (χ1v) is 53.2. The molecule has 32 nitrogen and oxygen atoms in total. The summed E-state index contributed by atoms with van der Waals surface area (Å²) >= 11 is 38.2. The number of phenolic OH excluding ortho intramolecular Hbond substituents is 2. The minimum absolute atomic E-state index is 0. The maximum Gasteiger partial charge on any atom is 0.369 e. The summed E-state index contributed by atoms with van der Waals surface area (Å²) in [7, 11) is 4.77. The number of nitrogens with one attached hydrogen (secondary N) is 2. The topological polar surface area (TPSA) is 398 Å². The van der Waals surface area contributed by atoms with Crippen molar-refractivity contribution in [3.63, 3.8) is 0 Å². The van der Waals surface area contributed by atoms with Crippen LogP contribution in [0.5, 0.6) is 28.7 Å². The van der Waals surface area contributed by atoms with Crippen LogP contribution in [0.3, 0.4) is 0 Å². The zero-order valence-electron chi connectivity index (χ0n) is 82.4. The molecule has 6 N–H and O–H groups in total. The Bertz CT molecular complexity index is 7790. The van der Waals surface area contributed by atoms with Crippen LogP contribution in [0.25, 0.3) is 118 Å². The molecule has 0 amide bonds. The molecule has 150 heavy (non-hydrogen) atoms. The molecular formula is C104H102BBr4Cl5F3N22O10P. The SMILES string of the molecule is BrB(Br)Br.C.C#CC.COc1cccc(-c2nc(Cl)c3cnn(-c4ccccc4)c3n2)c1.COc1cccc(-c2nc3c(cnn3-c3ccccc3)c(=O)[nH]2)c1.COc1cccc(C(=O)Cl)c1.C[C@@H]1CN(c2nc(-c3cccc(O)c3)nc3c2cnn3-c2ccccc2)C[C@H](C)O1.C[C@@H]1CNC[C@H](C)O1.F.FF.N#Cc1cnn(-c2ccccc2)c1N.O=P(Cl)(Cl)Cl.Oc1cccc(-c2nc(Br)c3cnn(-c4ccccc4)c3n2)c1.[2HH].[2H][2H]. The van der Waals surface area contributed by atoms with Crippen LogP contribution < -0.4 is 35.7 Å². The third-order valence-corrected chi connectivity index (χ3v) is 21.9. The average molecular weight is 2420 g/mol. The molecule has 0 saturated carbocycles. The number of hydrogen-bond acceptors (Lipinski definition) is 26. The number of ether oxygens (including phenoxy) is 5. The third kappa shape index (κ3) is 34.3. The molecule has 0 aliphatic carbocycles. The number of morpholine rings is 2. The van der Waals surface area contributed by atoms with E-state index in [4.69, 9.17) is 80.0 Å². The molecule has 0 bridgehead atoms. The zero-order chi connectivity index (χ0) is 109. The number of halogens is 12. The van der Waals surface area contributed by atoms with Gasteiger partial charge in [-0.05, 0) is 223 Å². The number of H-pyrrole nitrogens is 1. The number of aromatic nitrogens is 18. The number of nitrogen functional groups attached to an aromatic ring is 1. The summed E-state index contributed by atoms with van der Waals surface area (Å²) in [5.74, 6) is 7.99. The van der Waals surface area contributed by atoms with Crippen LogP contribution in [0.4, 0.5) is 25.5 Å². The summed E-state index contributed by atoms with van der Waals surface area (Å²) in [5.41, 5.74) is 16.6. The normalized spacial score (nSPS) is 13.5. The number of carbonyl (C=O) groups is 1. The third-order valence-electron chi connectivity index (χ3n) is 20.8. The summed E-state index contributed by atoms with van der Waals surface area (Å²) in [6.07, 6.45) is 13.8. The minimum Gasteiger partial charge on any atom is -0.508 e. The van der Waals surface area contributed by atoms with Crippen molar-refractivity contribution in [3.8, 4) is 121 Å². The Kier molecular flexibility index (Phi) is 46.8. The Balaban J connectivity index is 0.000000240. The molecule has 46 heteroatoms. The predicted molar refractivity (Wildman–Crippen MR) is 609 cm³/mol. The highest BCUT2D eigenvalue weighted by molar-refractivity contribution is 9.69. The lowest BCUT2D eigenvalue weighted by atomic mass is 10.2.